The Hall–Kier alpha value is -1.23. The first kappa shape index (κ1) is 15.8. The first-order valence-corrected chi connectivity index (χ1v) is 6.43. The van der Waals surface area contributed by atoms with Crippen LogP contribution in [0.2, 0.25) is 0 Å². The van der Waals surface area contributed by atoms with Crippen LogP contribution in [0.15, 0.2) is 24.3 Å². The SMILES string of the molecule is CCOc1ccccc1C(CCCC(F)(F)F)NC. The topological polar surface area (TPSA) is 21.3 Å². The highest BCUT2D eigenvalue weighted by molar-refractivity contribution is 5.35. The van der Waals surface area contributed by atoms with E-state index in [0.29, 0.717) is 13.0 Å². The Morgan fingerprint density at radius 2 is 1.95 bits per heavy atom. The molecule has 0 aliphatic carbocycles. The summed E-state index contributed by atoms with van der Waals surface area (Å²) in [5.74, 6) is 0.733. The van der Waals surface area contributed by atoms with Crippen molar-refractivity contribution in [1.29, 1.82) is 0 Å². The van der Waals surface area contributed by atoms with Gasteiger partial charge in [-0.1, -0.05) is 18.2 Å². The molecule has 1 N–H and O–H groups in total. The Morgan fingerprint density at radius 1 is 1.26 bits per heavy atom. The van der Waals surface area contributed by atoms with Crippen molar-refractivity contribution >= 4 is 0 Å². The molecule has 0 aromatic heterocycles. The zero-order chi connectivity index (χ0) is 14.3. The van der Waals surface area contributed by atoms with Gasteiger partial charge in [-0.25, -0.2) is 0 Å². The number of halogens is 3. The predicted octanol–water partition coefficient (Wildman–Crippen LogP) is 4.08. The molecular weight excluding hydrogens is 255 g/mol. The highest BCUT2D eigenvalue weighted by atomic mass is 19.4. The van der Waals surface area contributed by atoms with Crippen LogP contribution >= 0.6 is 0 Å². The third kappa shape index (κ3) is 5.51. The molecule has 0 radical (unpaired) electrons. The van der Waals surface area contributed by atoms with Crippen molar-refractivity contribution in [2.45, 2.75) is 38.4 Å². The van der Waals surface area contributed by atoms with Crippen LogP contribution in [0, 0.1) is 0 Å². The van der Waals surface area contributed by atoms with E-state index in [0.717, 1.165) is 11.3 Å². The van der Waals surface area contributed by atoms with Gasteiger partial charge in [-0.2, -0.15) is 13.2 Å². The second-order valence-electron chi connectivity index (χ2n) is 4.32. The number of ether oxygens (including phenoxy) is 1. The van der Waals surface area contributed by atoms with Gasteiger partial charge in [-0.3, -0.25) is 0 Å². The Morgan fingerprint density at radius 3 is 2.53 bits per heavy atom. The molecule has 1 rings (SSSR count). The van der Waals surface area contributed by atoms with E-state index >= 15 is 0 Å². The number of nitrogens with one attached hydrogen (secondary N) is 1. The maximum Gasteiger partial charge on any atom is 0.389 e. The quantitative estimate of drug-likeness (QED) is 0.809. The molecule has 1 atom stereocenters. The van der Waals surface area contributed by atoms with Crippen molar-refractivity contribution in [3.8, 4) is 5.75 Å². The summed E-state index contributed by atoms with van der Waals surface area (Å²) in [6.45, 7) is 2.42. The van der Waals surface area contributed by atoms with Gasteiger partial charge in [-0.05, 0) is 32.9 Å². The van der Waals surface area contributed by atoms with Crippen LogP contribution in [0.3, 0.4) is 0 Å². The van der Waals surface area contributed by atoms with Crippen LogP contribution in [0.1, 0.15) is 37.8 Å². The van der Waals surface area contributed by atoms with Gasteiger partial charge < -0.3 is 10.1 Å². The van der Waals surface area contributed by atoms with Crippen molar-refractivity contribution in [3.63, 3.8) is 0 Å². The fourth-order valence-corrected chi connectivity index (χ4v) is 2.02. The summed E-state index contributed by atoms with van der Waals surface area (Å²) in [6, 6.07) is 7.33. The Bertz CT molecular complexity index is 379. The van der Waals surface area contributed by atoms with E-state index in [1.807, 2.05) is 31.2 Å². The maximum atomic E-state index is 12.2. The van der Waals surface area contributed by atoms with E-state index in [4.69, 9.17) is 4.74 Å². The molecule has 1 aromatic rings. The smallest absolute Gasteiger partial charge is 0.389 e. The molecule has 19 heavy (non-hydrogen) atoms. The third-order valence-electron chi connectivity index (χ3n) is 2.90. The minimum absolute atomic E-state index is 0.107. The summed E-state index contributed by atoms with van der Waals surface area (Å²) >= 11 is 0. The Labute approximate surface area is 112 Å². The van der Waals surface area contributed by atoms with Crippen LogP contribution < -0.4 is 10.1 Å². The lowest BCUT2D eigenvalue weighted by Gasteiger charge is -2.20. The second-order valence-corrected chi connectivity index (χ2v) is 4.32. The van der Waals surface area contributed by atoms with Gasteiger partial charge in [0.15, 0.2) is 0 Å². The summed E-state index contributed by atoms with van der Waals surface area (Å²) in [4.78, 5) is 0. The van der Waals surface area contributed by atoms with Gasteiger partial charge in [0.1, 0.15) is 5.75 Å². The zero-order valence-electron chi connectivity index (χ0n) is 11.3. The van der Waals surface area contributed by atoms with E-state index in [1.54, 1.807) is 7.05 Å². The first-order chi connectivity index (χ1) is 8.98. The number of rotatable bonds is 7. The summed E-state index contributed by atoms with van der Waals surface area (Å²) in [5, 5.41) is 3.06. The largest absolute Gasteiger partial charge is 0.494 e. The van der Waals surface area contributed by atoms with Gasteiger partial charge in [0.2, 0.25) is 0 Å². The lowest BCUT2D eigenvalue weighted by atomic mass is 10.00. The van der Waals surface area contributed by atoms with Crippen molar-refractivity contribution in [3.05, 3.63) is 29.8 Å². The number of hydrogen-bond donors (Lipinski definition) is 1. The normalized spacial score (nSPS) is 13.3. The third-order valence-corrected chi connectivity index (χ3v) is 2.90. The molecule has 0 bridgehead atoms. The Kier molecular flexibility index (Phi) is 6.15. The fourth-order valence-electron chi connectivity index (χ4n) is 2.02. The van der Waals surface area contributed by atoms with E-state index in [-0.39, 0.29) is 12.5 Å². The molecule has 0 saturated heterocycles. The molecule has 108 valence electrons. The molecule has 0 aliphatic rings. The lowest BCUT2D eigenvalue weighted by Crippen LogP contribution is -2.18. The van der Waals surface area contributed by atoms with Crippen LogP contribution in [0.25, 0.3) is 0 Å². The molecule has 0 heterocycles. The Balaban J connectivity index is 2.68. The highest BCUT2D eigenvalue weighted by Crippen LogP contribution is 2.30. The zero-order valence-corrected chi connectivity index (χ0v) is 11.3. The van der Waals surface area contributed by atoms with Crippen LogP contribution in [0.5, 0.6) is 5.75 Å². The molecule has 1 aromatic carbocycles. The van der Waals surface area contributed by atoms with Crippen molar-refractivity contribution in [1.82, 2.24) is 5.32 Å². The van der Waals surface area contributed by atoms with Gasteiger partial charge in [0.05, 0.1) is 6.61 Å². The van der Waals surface area contributed by atoms with Gasteiger partial charge in [-0.15, -0.1) is 0 Å². The van der Waals surface area contributed by atoms with Crippen molar-refractivity contribution in [2.75, 3.05) is 13.7 Å². The molecule has 2 nitrogen and oxygen atoms in total. The van der Waals surface area contributed by atoms with Crippen molar-refractivity contribution in [2.24, 2.45) is 0 Å². The second kappa shape index (κ2) is 7.38. The van der Waals surface area contributed by atoms with Gasteiger partial charge >= 0.3 is 6.18 Å². The number of alkyl halides is 3. The molecule has 0 amide bonds. The molecule has 1 unspecified atom stereocenters. The maximum absolute atomic E-state index is 12.2. The molecule has 0 saturated carbocycles. The lowest BCUT2D eigenvalue weighted by molar-refractivity contribution is -0.135. The van der Waals surface area contributed by atoms with Crippen LogP contribution in [0.4, 0.5) is 13.2 Å². The average molecular weight is 275 g/mol. The van der Waals surface area contributed by atoms with Gasteiger partial charge in [0.25, 0.3) is 0 Å². The van der Waals surface area contributed by atoms with E-state index in [9.17, 15) is 13.2 Å². The fraction of sp³-hybridized carbons (Fsp3) is 0.571. The summed E-state index contributed by atoms with van der Waals surface area (Å²) < 4.78 is 42.0. The van der Waals surface area contributed by atoms with E-state index in [1.165, 1.54) is 0 Å². The number of para-hydroxylation sites is 1. The van der Waals surface area contributed by atoms with E-state index in [2.05, 4.69) is 5.32 Å². The molecule has 0 aliphatic heterocycles. The number of hydrogen-bond acceptors (Lipinski definition) is 2. The minimum Gasteiger partial charge on any atom is -0.494 e. The highest BCUT2D eigenvalue weighted by Gasteiger charge is 2.27. The van der Waals surface area contributed by atoms with E-state index < -0.39 is 12.6 Å². The summed E-state index contributed by atoms with van der Waals surface area (Å²) in [7, 11) is 1.75. The first-order valence-electron chi connectivity index (χ1n) is 6.43. The number of benzene rings is 1. The summed E-state index contributed by atoms with van der Waals surface area (Å²) in [6.07, 6.45) is -4.30. The predicted molar refractivity (Wildman–Crippen MR) is 69.3 cm³/mol. The molecule has 0 spiro atoms. The van der Waals surface area contributed by atoms with Gasteiger partial charge in [0, 0.05) is 18.0 Å². The summed E-state index contributed by atoms with van der Waals surface area (Å²) in [5.41, 5.74) is 0.911. The molecular formula is C14H20F3NO. The van der Waals surface area contributed by atoms with Crippen LogP contribution in [-0.4, -0.2) is 19.8 Å². The average Bonchev–Trinajstić information content (AvgIpc) is 2.35. The molecule has 5 heteroatoms. The monoisotopic (exact) mass is 275 g/mol. The van der Waals surface area contributed by atoms with Crippen LogP contribution in [-0.2, 0) is 0 Å². The van der Waals surface area contributed by atoms with Crippen molar-refractivity contribution < 1.29 is 17.9 Å². The molecule has 0 fully saturated rings. The minimum atomic E-state index is -4.09. The standard InChI is InChI=1S/C14H20F3NO/c1-3-19-13-9-5-4-7-11(13)12(18-2)8-6-10-14(15,16)17/h4-5,7,9,12,18H,3,6,8,10H2,1-2H3.